The van der Waals surface area contributed by atoms with Crippen LogP contribution in [0.5, 0.6) is 5.75 Å². The fraction of sp³-hybridized carbons (Fsp3) is 0.484. The number of carbonyl (C=O) groups excluding carboxylic acids is 3. The van der Waals surface area contributed by atoms with Gasteiger partial charge in [0.2, 0.25) is 5.91 Å². The maximum atomic E-state index is 13.4. The predicted molar refractivity (Wildman–Crippen MR) is 153 cm³/mol. The third kappa shape index (κ3) is 8.07. The van der Waals surface area contributed by atoms with Crippen molar-refractivity contribution < 1.29 is 33.8 Å². The Morgan fingerprint density at radius 2 is 1.76 bits per heavy atom. The molecular weight excluding hydrogens is 526 g/mol. The molecule has 2 heterocycles. The molecule has 10 heteroatoms. The van der Waals surface area contributed by atoms with Gasteiger partial charge in [-0.15, -0.1) is 0 Å². The number of carbonyl (C=O) groups is 4. The quantitative estimate of drug-likeness (QED) is 0.296. The maximum Gasteiger partial charge on any atom is 0.323 e. The maximum absolute atomic E-state index is 13.4. The van der Waals surface area contributed by atoms with Gasteiger partial charge in [-0.05, 0) is 56.4 Å². The highest BCUT2D eigenvalue weighted by Crippen LogP contribution is 2.31. The third-order valence-electron chi connectivity index (χ3n) is 7.67. The van der Waals surface area contributed by atoms with E-state index in [1.807, 2.05) is 35.2 Å². The SMILES string of the molecule is CCOC(=O)C(CCCCC1CCN(C(=O)c2ccccc2)CC1)N[C@H]1COc2ccccc2N(CC(=O)O)C1=O. The smallest absolute Gasteiger partial charge is 0.323 e. The van der Waals surface area contributed by atoms with E-state index < -0.39 is 36.5 Å². The molecular formula is C31H39N3O7. The number of hydrogen-bond donors (Lipinski definition) is 2. The molecule has 1 fully saturated rings. The Morgan fingerprint density at radius 1 is 1.05 bits per heavy atom. The molecule has 2 aliphatic rings. The highest BCUT2D eigenvalue weighted by atomic mass is 16.5. The molecule has 2 aromatic carbocycles. The van der Waals surface area contributed by atoms with Crippen LogP contribution < -0.4 is 15.0 Å². The van der Waals surface area contributed by atoms with E-state index in [1.54, 1.807) is 31.2 Å². The highest BCUT2D eigenvalue weighted by Gasteiger charge is 2.35. The Bertz CT molecular complexity index is 1200. The number of piperidine rings is 1. The molecule has 2 atom stereocenters. The largest absolute Gasteiger partial charge is 0.489 e. The number of esters is 1. The fourth-order valence-corrected chi connectivity index (χ4v) is 5.50. The second-order valence-corrected chi connectivity index (χ2v) is 10.5. The normalized spacial score (nSPS) is 18.2. The lowest BCUT2D eigenvalue weighted by molar-refractivity contribution is -0.146. The van der Waals surface area contributed by atoms with Gasteiger partial charge in [0, 0.05) is 18.7 Å². The third-order valence-corrected chi connectivity index (χ3v) is 7.67. The monoisotopic (exact) mass is 565 g/mol. The summed E-state index contributed by atoms with van der Waals surface area (Å²) in [7, 11) is 0. The lowest BCUT2D eigenvalue weighted by Gasteiger charge is -2.32. The van der Waals surface area contributed by atoms with Crippen molar-refractivity contribution in [3.05, 3.63) is 60.2 Å². The van der Waals surface area contributed by atoms with Gasteiger partial charge in [0.1, 0.15) is 31.0 Å². The summed E-state index contributed by atoms with van der Waals surface area (Å²) in [5.41, 5.74) is 1.10. The van der Waals surface area contributed by atoms with Crippen LogP contribution in [0.4, 0.5) is 5.69 Å². The zero-order valence-corrected chi connectivity index (χ0v) is 23.5. The van der Waals surface area contributed by atoms with Gasteiger partial charge in [0.25, 0.3) is 5.91 Å². The van der Waals surface area contributed by atoms with Crippen LogP contribution in [-0.4, -0.2) is 78.7 Å². The van der Waals surface area contributed by atoms with Crippen molar-refractivity contribution in [3.63, 3.8) is 0 Å². The number of rotatable bonds is 12. The van der Waals surface area contributed by atoms with Crippen LogP contribution in [0.3, 0.4) is 0 Å². The number of unbranched alkanes of at least 4 members (excludes halogenated alkanes) is 1. The van der Waals surface area contributed by atoms with Gasteiger partial charge < -0.3 is 19.5 Å². The minimum Gasteiger partial charge on any atom is -0.489 e. The summed E-state index contributed by atoms with van der Waals surface area (Å²) in [5, 5.41) is 12.5. The minimum atomic E-state index is -1.15. The number of hydrogen-bond acceptors (Lipinski definition) is 7. The molecule has 1 saturated heterocycles. The van der Waals surface area contributed by atoms with Gasteiger partial charge in [-0.1, -0.05) is 49.6 Å². The van der Waals surface area contributed by atoms with Crippen molar-refractivity contribution in [1.82, 2.24) is 10.2 Å². The number of carboxylic acid groups (broad SMARTS) is 1. The van der Waals surface area contributed by atoms with Crippen LogP contribution >= 0.6 is 0 Å². The zero-order valence-electron chi connectivity index (χ0n) is 23.5. The number of anilines is 1. The first-order valence-corrected chi connectivity index (χ1v) is 14.4. The molecule has 0 radical (unpaired) electrons. The molecule has 1 unspecified atom stereocenters. The molecule has 0 aromatic heterocycles. The Morgan fingerprint density at radius 3 is 2.46 bits per heavy atom. The van der Waals surface area contributed by atoms with Crippen LogP contribution in [0.25, 0.3) is 0 Å². The Hall–Kier alpha value is -3.92. The number of amides is 2. The van der Waals surface area contributed by atoms with Gasteiger partial charge in [-0.3, -0.25) is 29.4 Å². The predicted octanol–water partition coefficient (Wildman–Crippen LogP) is 3.50. The molecule has 2 aliphatic heterocycles. The van der Waals surface area contributed by atoms with E-state index in [2.05, 4.69) is 5.32 Å². The van der Waals surface area contributed by atoms with Gasteiger partial charge in [0.05, 0.1) is 12.3 Å². The molecule has 0 saturated carbocycles. The van der Waals surface area contributed by atoms with Gasteiger partial charge in [-0.25, -0.2) is 0 Å². The first-order valence-electron chi connectivity index (χ1n) is 14.4. The number of carboxylic acids is 1. The summed E-state index contributed by atoms with van der Waals surface area (Å²) in [6.07, 6.45) is 5.02. The number of benzene rings is 2. The van der Waals surface area contributed by atoms with Gasteiger partial charge in [0.15, 0.2) is 0 Å². The molecule has 2 aromatic rings. The molecule has 0 bridgehead atoms. The van der Waals surface area contributed by atoms with Crippen LogP contribution in [0.2, 0.25) is 0 Å². The highest BCUT2D eigenvalue weighted by molar-refractivity contribution is 6.02. The van der Waals surface area contributed by atoms with Crippen molar-refractivity contribution in [1.29, 1.82) is 0 Å². The minimum absolute atomic E-state index is 0.0395. The summed E-state index contributed by atoms with van der Waals surface area (Å²) >= 11 is 0. The van der Waals surface area contributed by atoms with E-state index >= 15 is 0 Å². The van der Waals surface area contributed by atoms with Crippen molar-refractivity contribution in [2.24, 2.45) is 5.92 Å². The van der Waals surface area contributed by atoms with Gasteiger partial charge in [-0.2, -0.15) is 0 Å². The van der Waals surface area contributed by atoms with E-state index in [0.29, 0.717) is 23.8 Å². The summed E-state index contributed by atoms with van der Waals surface area (Å²) in [6, 6.07) is 14.5. The van der Waals surface area contributed by atoms with E-state index in [4.69, 9.17) is 9.47 Å². The van der Waals surface area contributed by atoms with Crippen LogP contribution in [0.1, 0.15) is 55.8 Å². The second kappa shape index (κ2) is 14.6. The Labute approximate surface area is 240 Å². The molecule has 10 nitrogen and oxygen atoms in total. The fourth-order valence-electron chi connectivity index (χ4n) is 5.50. The summed E-state index contributed by atoms with van der Waals surface area (Å²) < 4.78 is 11.1. The van der Waals surface area contributed by atoms with E-state index in [0.717, 1.165) is 50.8 Å². The van der Waals surface area contributed by atoms with Crippen LogP contribution in [0.15, 0.2) is 54.6 Å². The molecule has 4 rings (SSSR count). The van der Waals surface area contributed by atoms with Crippen LogP contribution in [0, 0.1) is 5.92 Å². The van der Waals surface area contributed by atoms with Crippen molar-refractivity contribution in [2.75, 3.05) is 37.7 Å². The average Bonchev–Trinajstić information content (AvgIpc) is 3.11. The lowest BCUT2D eigenvalue weighted by Crippen LogP contribution is -2.54. The van der Waals surface area contributed by atoms with Crippen molar-refractivity contribution in [3.8, 4) is 5.75 Å². The Kier molecular flexibility index (Phi) is 10.7. The lowest BCUT2D eigenvalue weighted by atomic mass is 9.90. The van der Waals surface area contributed by atoms with Crippen molar-refractivity contribution >= 4 is 29.4 Å². The number of ether oxygens (including phenoxy) is 2. The topological polar surface area (TPSA) is 125 Å². The molecule has 220 valence electrons. The first kappa shape index (κ1) is 30.0. The zero-order chi connectivity index (χ0) is 29.2. The molecule has 2 amide bonds. The Balaban J connectivity index is 1.29. The molecule has 0 aliphatic carbocycles. The van der Waals surface area contributed by atoms with E-state index in [1.165, 1.54) is 4.90 Å². The number of fused-ring (bicyclic) bond motifs is 1. The second-order valence-electron chi connectivity index (χ2n) is 10.5. The number of aliphatic carboxylic acids is 1. The number of nitrogens with zero attached hydrogens (tertiary/aromatic N) is 2. The summed E-state index contributed by atoms with van der Waals surface area (Å²) in [4.78, 5) is 53.6. The summed E-state index contributed by atoms with van der Waals surface area (Å²) in [6.45, 7) is 2.87. The number of nitrogens with one attached hydrogen (secondary N) is 1. The standard InChI is InChI=1S/C31H39N3O7/c1-2-40-31(39)24(32-25-21-41-27-15-9-8-14-26(27)34(30(25)38)20-28(35)36)13-7-6-10-22-16-18-33(19-17-22)29(37)23-11-4-3-5-12-23/h3-5,8-9,11-12,14-15,22,24-25,32H,2,6-7,10,13,16-21H2,1H3,(H,35,36)/t24?,25-/m0/s1. The van der Waals surface area contributed by atoms with Gasteiger partial charge >= 0.3 is 11.9 Å². The number of likely N-dealkylation sites (tertiary alicyclic amines) is 1. The van der Waals surface area contributed by atoms with E-state index in [-0.39, 0.29) is 19.1 Å². The van der Waals surface area contributed by atoms with Crippen molar-refractivity contribution in [2.45, 2.75) is 57.5 Å². The molecule has 2 N–H and O–H groups in total. The molecule has 41 heavy (non-hydrogen) atoms. The molecule has 0 spiro atoms. The average molecular weight is 566 g/mol. The van der Waals surface area contributed by atoms with E-state index in [9.17, 15) is 24.3 Å². The van der Waals surface area contributed by atoms with Crippen LogP contribution in [-0.2, 0) is 19.1 Å². The number of para-hydroxylation sites is 2. The first-order chi connectivity index (χ1) is 19.9. The summed E-state index contributed by atoms with van der Waals surface area (Å²) in [5.74, 6) is -1.05.